The fourth-order valence-electron chi connectivity index (χ4n) is 7.53. The molecular weight excluding hydrogens is 665 g/mol. The predicted octanol–water partition coefficient (Wildman–Crippen LogP) is 7.93. The maximum absolute atomic E-state index is 13.5. The Balaban J connectivity index is 1.15. The molecule has 0 radical (unpaired) electrons. The monoisotopic (exact) mass is 684 g/mol. The largest absolute Gasteiger partial charge is 0.288 e. The average molecular weight is 685 g/mol. The molecule has 50 heavy (non-hydrogen) atoms. The second kappa shape index (κ2) is 10.1. The van der Waals surface area contributed by atoms with Crippen LogP contribution < -0.4 is 0 Å². The van der Waals surface area contributed by atoms with E-state index in [4.69, 9.17) is 0 Å². The van der Waals surface area contributed by atoms with E-state index >= 15 is 0 Å². The maximum atomic E-state index is 13.5. The fourth-order valence-corrected chi connectivity index (χ4v) is 10.7. The third-order valence-electron chi connectivity index (χ3n) is 10.2. The minimum Gasteiger partial charge on any atom is -0.288 e. The summed E-state index contributed by atoms with van der Waals surface area (Å²) in [5.74, 6) is -1.88. The van der Waals surface area contributed by atoms with Gasteiger partial charge in [-0.15, -0.1) is 22.7 Å². The number of rotatable bonds is 2. The number of allylic oxidation sites excluding steroid dienone is 7. The van der Waals surface area contributed by atoms with E-state index in [-0.39, 0.29) is 55.7 Å². The summed E-state index contributed by atoms with van der Waals surface area (Å²) in [6.07, 6.45) is 5.31. The maximum Gasteiger partial charge on any atom is 0.197 e. The molecule has 0 unspecified atom stereocenters. The van der Waals surface area contributed by atoms with Crippen LogP contribution in [-0.2, 0) is 5.41 Å². The highest BCUT2D eigenvalue weighted by atomic mass is 32.1. The molecule has 2 aromatic carbocycles. The summed E-state index contributed by atoms with van der Waals surface area (Å²) in [5.41, 5.74) is 3.87. The molecule has 0 saturated heterocycles. The van der Waals surface area contributed by atoms with Gasteiger partial charge < -0.3 is 0 Å². The number of nitrogens with zero attached hydrogens (tertiary/aromatic N) is 4. The summed E-state index contributed by atoms with van der Waals surface area (Å²) in [6, 6.07) is 14.9. The van der Waals surface area contributed by atoms with Crippen molar-refractivity contribution in [1.82, 2.24) is 0 Å². The molecule has 0 bridgehead atoms. The van der Waals surface area contributed by atoms with Crippen molar-refractivity contribution in [2.75, 3.05) is 0 Å². The van der Waals surface area contributed by atoms with Crippen LogP contribution in [0.2, 0.25) is 0 Å². The summed E-state index contributed by atoms with van der Waals surface area (Å²) >= 11 is 3.11. The highest BCUT2D eigenvalue weighted by Crippen LogP contribution is 2.64. The van der Waals surface area contributed by atoms with E-state index in [1.54, 1.807) is 23.5 Å². The topological polar surface area (TPSA) is 163 Å². The minimum atomic E-state index is -0.563. The highest BCUT2D eigenvalue weighted by molar-refractivity contribution is 7.29. The van der Waals surface area contributed by atoms with Gasteiger partial charge in [0, 0.05) is 47.5 Å². The molecule has 4 aliphatic carbocycles. The molecule has 10 heteroatoms. The smallest absolute Gasteiger partial charge is 0.197 e. The van der Waals surface area contributed by atoms with Crippen molar-refractivity contribution < 1.29 is 19.2 Å². The van der Waals surface area contributed by atoms with Crippen molar-refractivity contribution in [1.29, 1.82) is 21.0 Å². The zero-order chi connectivity index (χ0) is 35.6. The van der Waals surface area contributed by atoms with Crippen molar-refractivity contribution in [3.05, 3.63) is 125 Å². The second-order valence-corrected chi connectivity index (χ2v) is 15.7. The summed E-state index contributed by atoms with van der Waals surface area (Å²) in [5, 5.41) is 37.7. The minimum absolute atomic E-state index is 0.00277. The molecule has 236 valence electrons. The first kappa shape index (κ1) is 31.0. The van der Waals surface area contributed by atoms with Gasteiger partial charge in [0.25, 0.3) is 0 Å². The molecule has 0 amide bonds. The number of benzene rings is 2. The van der Waals surface area contributed by atoms with Gasteiger partial charge in [0.15, 0.2) is 23.1 Å². The van der Waals surface area contributed by atoms with Gasteiger partial charge >= 0.3 is 0 Å². The Kier molecular flexibility index (Phi) is 6.27. The predicted molar refractivity (Wildman–Crippen MR) is 187 cm³/mol. The van der Waals surface area contributed by atoms with Gasteiger partial charge in [0.2, 0.25) is 0 Å². The molecule has 0 aliphatic heterocycles. The normalized spacial score (nSPS) is 17.6. The van der Waals surface area contributed by atoms with Crippen molar-refractivity contribution in [2.24, 2.45) is 5.41 Å². The van der Waals surface area contributed by atoms with Crippen LogP contribution in [-0.4, -0.2) is 23.1 Å². The van der Waals surface area contributed by atoms with Gasteiger partial charge in [-0.2, -0.15) is 21.0 Å². The zero-order valence-electron chi connectivity index (χ0n) is 26.9. The standard InChI is InChI=1S/C40H20N4O4S2/c1-39(2)21(9-27-33(45)23-5-17(13-41)18(14-42)6-24(23)34(27)46)10-29-31(39)38-32(40(29,3)4)37-30(50-38)12-22(49-37)11-28-35(47)25-7-19(15-43)20(16-44)8-26(25)36(28)48/h5-12H,1-4H3. The van der Waals surface area contributed by atoms with E-state index in [0.29, 0.717) is 0 Å². The number of thiophene rings is 2. The number of Topliss-reactive ketones (excluding diaryl/α,β-unsaturated/α-hetero) is 4. The molecule has 8 nitrogen and oxygen atoms in total. The van der Waals surface area contributed by atoms with Crippen molar-refractivity contribution >= 4 is 66.9 Å². The number of hydrogen-bond acceptors (Lipinski definition) is 10. The van der Waals surface area contributed by atoms with Crippen LogP contribution in [0.4, 0.5) is 0 Å². The van der Waals surface area contributed by atoms with Crippen LogP contribution >= 0.6 is 22.7 Å². The molecule has 2 heterocycles. The number of carbonyl (C=O) groups excluding carboxylic acids is 4. The van der Waals surface area contributed by atoms with E-state index in [1.807, 2.05) is 30.3 Å². The Morgan fingerprint density at radius 3 is 1.48 bits per heavy atom. The molecule has 0 saturated carbocycles. The molecular formula is C40H20N4O4S2. The Morgan fingerprint density at radius 1 is 0.600 bits per heavy atom. The lowest BCUT2D eigenvalue weighted by atomic mass is 9.79. The van der Waals surface area contributed by atoms with E-state index < -0.39 is 34.0 Å². The van der Waals surface area contributed by atoms with Gasteiger partial charge in [0.05, 0.1) is 38.1 Å². The van der Waals surface area contributed by atoms with Gasteiger partial charge in [-0.1, -0.05) is 33.8 Å². The lowest BCUT2D eigenvalue weighted by Gasteiger charge is -2.25. The van der Waals surface area contributed by atoms with Gasteiger partial charge in [-0.05, 0) is 64.8 Å². The number of carbonyl (C=O) groups is 4. The van der Waals surface area contributed by atoms with Crippen molar-refractivity contribution in [2.45, 2.75) is 33.1 Å². The fraction of sp³-hybridized carbons (Fsp3) is 0.150. The first-order valence-electron chi connectivity index (χ1n) is 15.4. The van der Waals surface area contributed by atoms with E-state index in [9.17, 15) is 40.2 Å². The van der Waals surface area contributed by atoms with Crippen LogP contribution in [0.15, 0.2) is 64.8 Å². The Labute approximate surface area is 293 Å². The molecule has 0 fully saturated rings. The lowest BCUT2D eigenvalue weighted by molar-refractivity contribution is 0.0974. The Hall–Kier alpha value is -6.30. The van der Waals surface area contributed by atoms with E-state index in [2.05, 4.69) is 33.8 Å². The van der Waals surface area contributed by atoms with Gasteiger partial charge in [-0.3, -0.25) is 19.2 Å². The lowest BCUT2D eigenvalue weighted by Crippen LogP contribution is -2.15. The third kappa shape index (κ3) is 3.86. The van der Waals surface area contributed by atoms with E-state index in [1.165, 1.54) is 35.6 Å². The van der Waals surface area contributed by atoms with Gasteiger partial charge in [0.1, 0.15) is 24.3 Å². The Morgan fingerprint density at radius 2 is 1.04 bits per heavy atom. The SMILES string of the molecule is CC1(C)C(C=C2C(=O)c3cc(C#N)c(C#N)cc3C2=O)=CC2=C1c1sc3cc(C=C4C(=O)c5cc(C#N)c(C#N)cc5C4=O)sc3c1C2(C)C. The van der Waals surface area contributed by atoms with Crippen molar-refractivity contribution in [3.63, 3.8) is 0 Å². The average Bonchev–Trinajstić information content (AvgIpc) is 3.87. The summed E-state index contributed by atoms with van der Waals surface area (Å²) < 4.78 is 2.05. The van der Waals surface area contributed by atoms with Crippen LogP contribution in [0.25, 0.3) is 21.0 Å². The molecule has 2 aromatic heterocycles. The van der Waals surface area contributed by atoms with Crippen molar-refractivity contribution in [3.8, 4) is 24.3 Å². The molecule has 4 aromatic rings. The van der Waals surface area contributed by atoms with Gasteiger partial charge in [-0.25, -0.2) is 0 Å². The second-order valence-electron chi connectivity index (χ2n) is 13.6. The first-order chi connectivity index (χ1) is 23.8. The van der Waals surface area contributed by atoms with Crippen LogP contribution in [0.3, 0.4) is 0 Å². The number of fused-ring (bicyclic) bond motifs is 6. The summed E-state index contributed by atoms with van der Waals surface area (Å²) in [6.45, 7) is 8.40. The van der Waals surface area contributed by atoms with E-state index in [0.717, 1.165) is 41.4 Å². The van der Waals surface area contributed by atoms with Crippen LogP contribution in [0.1, 0.15) is 107 Å². The zero-order valence-corrected chi connectivity index (χ0v) is 28.5. The number of ketones is 4. The molecule has 8 rings (SSSR count). The molecule has 4 aliphatic rings. The number of nitriles is 4. The highest BCUT2D eigenvalue weighted by Gasteiger charge is 2.50. The van der Waals surface area contributed by atoms with Crippen LogP contribution in [0, 0.1) is 50.7 Å². The summed E-state index contributed by atoms with van der Waals surface area (Å²) in [4.78, 5) is 55.3. The molecule has 0 N–H and O–H groups in total. The van der Waals surface area contributed by atoms with Crippen LogP contribution in [0.5, 0.6) is 0 Å². The number of hydrogen-bond donors (Lipinski definition) is 0. The molecule has 0 atom stereocenters. The first-order valence-corrected chi connectivity index (χ1v) is 17.0. The molecule has 0 spiro atoms. The Bertz CT molecular complexity index is 2660. The summed E-state index contributed by atoms with van der Waals surface area (Å²) in [7, 11) is 0. The third-order valence-corrected chi connectivity index (χ3v) is 12.5. The quantitative estimate of drug-likeness (QED) is 0.152.